The van der Waals surface area contributed by atoms with Crippen molar-refractivity contribution in [2.24, 2.45) is 13.0 Å². The van der Waals surface area contributed by atoms with E-state index in [1.807, 2.05) is 25.6 Å². The van der Waals surface area contributed by atoms with E-state index >= 15 is 0 Å². The first-order chi connectivity index (χ1) is 9.08. The number of hydrogen-bond acceptors (Lipinski definition) is 3. The van der Waals surface area contributed by atoms with E-state index in [0.717, 1.165) is 42.9 Å². The molecule has 1 aliphatic heterocycles. The highest BCUT2D eigenvalue weighted by atomic mass is 16.1. The summed E-state index contributed by atoms with van der Waals surface area (Å²) >= 11 is 0. The Morgan fingerprint density at radius 3 is 2.68 bits per heavy atom. The molecule has 0 radical (unpaired) electrons. The van der Waals surface area contributed by atoms with Gasteiger partial charge in [0.2, 0.25) is 5.91 Å². The van der Waals surface area contributed by atoms with Crippen LogP contribution in [0.2, 0.25) is 0 Å². The zero-order chi connectivity index (χ0) is 13.8. The molecular weight excluding hydrogens is 240 g/mol. The van der Waals surface area contributed by atoms with Gasteiger partial charge in [-0.1, -0.05) is 0 Å². The number of carbonyl (C=O) groups excluding carboxylic acids is 1. The van der Waals surface area contributed by atoms with Crippen LogP contribution in [0.25, 0.3) is 0 Å². The lowest BCUT2D eigenvalue weighted by molar-refractivity contribution is -0.122. The second-order valence-electron chi connectivity index (χ2n) is 5.45. The number of piperidine rings is 1. The molecule has 0 spiro atoms. The average Bonchev–Trinajstić information content (AvgIpc) is 2.62. The Morgan fingerprint density at radius 1 is 1.42 bits per heavy atom. The van der Waals surface area contributed by atoms with Crippen LogP contribution in [-0.2, 0) is 18.4 Å². The number of aryl methyl sites for hydroxylation is 2. The SMILES string of the molecule is Cc1nn(C)c(C)c1CNC(=O)CC1CCNCC1. The van der Waals surface area contributed by atoms with E-state index in [-0.39, 0.29) is 5.91 Å². The molecule has 5 nitrogen and oxygen atoms in total. The van der Waals surface area contributed by atoms with Crippen molar-refractivity contribution in [3.63, 3.8) is 0 Å². The summed E-state index contributed by atoms with van der Waals surface area (Å²) in [6, 6.07) is 0. The summed E-state index contributed by atoms with van der Waals surface area (Å²) in [4.78, 5) is 12.0. The second kappa shape index (κ2) is 6.19. The topological polar surface area (TPSA) is 59.0 Å². The van der Waals surface area contributed by atoms with Gasteiger partial charge in [0.1, 0.15) is 0 Å². The third-order valence-corrected chi connectivity index (χ3v) is 4.05. The van der Waals surface area contributed by atoms with Crippen LogP contribution in [0.15, 0.2) is 0 Å². The minimum Gasteiger partial charge on any atom is -0.352 e. The number of nitrogens with zero attached hydrogens (tertiary/aromatic N) is 2. The van der Waals surface area contributed by atoms with Crippen LogP contribution < -0.4 is 10.6 Å². The summed E-state index contributed by atoms with van der Waals surface area (Å²) in [5.41, 5.74) is 3.27. The average molecular weight is 264 g/mol. The number of amides is 1. The molecule has 19 heavy (non-hydrogen) atoms. The molecule has 2 rings (SSSR count). The van der Waals surface area contributed by atoms with Crippen LogP contribution >= 0.6 is 0 Å². The molecule has 2 N–H and O–H groups in total. The van der Waals surface area contributed by atoms with E-state index in [0.29, 0.717) is 18.9 Å². The summed E-state index contributed by atoms with van der Waals surface area (Å²) in [5.74, 6) is 0.701. The molecule has 1 amide bonds. The third-order valence-electron chi connectivity index (χ3n) is 4.05. The van der Waals surface area contributed by atoms with E-state index in [9.17, 15) is 4.79 Å². The molecular formula is C14H24N4O. The predicted molar refractivity (Wildman–Crippen MR) is 74.7 cm³/mol. The summed E-state index contributed by atoms with van der Waals surface area (Å²) in [6.07, 6.45) is 2.87. The lowest BCUT2D eigenvalue weighted by Crippen LogP contribution is -2.32. The minimum absolute atomic E-state index is 0.162. The van der Waals surface area contributed by atoms with Gasteiger partial charge in [0, 0.05) is 31.3 Å². The molecule has 0 atom stereocenters. The van der Waals surface area contributed by atoms with E-state index in [2.05, 4.69) is 15.7 Å². The molecule has 0 aliphatic carbocycles. The minimum atomic E-state index is 0.162. The van der Waals surface area contributed by atoms with Gasteiger partial charge in [-0.3, -0.25) is 9.48 Å². The van der Waals surface area contributed by atoms with Crippen molar-refractivity contribution in [1.82, 2.24) is 20.4 Å². The number of nitrogens with one attached hydrogen (secondary N) is 2. The fraction of sp³-hybridized carbons (Fsp3) is 0.714. The maximum atomic E-state index is 12.0. The van der Waals surface area contributed by atoms with Crippen molar-refractivity contribution < 1.29 is 4.79 Å². The Kier molecular flexibility index (Phi) is 4.58. The number of rotatable bonds is 4. The summed E-state index contributed by atoms with van der Waals surface area (Å²) in [7, 11) is 1.93. The number of hydrogen-bond donors (Lipinski definition) is 2. The van der Waals surface area contributed by atoms with Crippen LogP contribution in [0, 0.1) is 19.8 Å². The molecule has 0 bridgehead atoms. The Balaban J connectivity index is 1.82. The van der Waals surface area contributed by atoms with Crippen LogP contribution in [0.4, 0.5) is 0 Å². The van der Waals surface area contributed by atoms with E-state index in [1.165, 1.54) is 0 Å². The summed E-state index contributed by atoms with van der Waals surface area (Å²) in [6.45, 7) is 6.70. The van der Waals surface area contributed by atoms with Gasteiger partial charge in [0.05, 0.1) is 5.69 Å². The molecule has 1 fully saturated rings. The van der Waals surface area contributed by atoms with Crippen LogP contribution in [0.1, 0.15) is 36.2 Å². The monoisotopic (exact) mass is 264 g/mol. The third kappa shape index (κ3) is 3.56. The van der Waals surface area contributed by atoms with Gasteiger partial charge in [-0.2, -0.15) is 5.10 Å². The summed E-state index contributed by atoms with van der Waals surface area (Å²) in [5, 5.41) is 10.7. The highest BCUT2D eigenvalue weighted by Gasteiger charge is 2.17. The molecule has 5 heteroatoms. The van der Waals surface area contributed by atoms with Gasteiger partial charge in [-0.15, -0.1) is 0 Å². The fourth-order valence-corrected chi connectivity index (χ4v) is 2.68. The smallest absolute Gasteiger partial charge is 0.220 e. The normalized spacial score (nSPS) is 16.6. The quantitative estimate of drug-likeness (QED) is 0.854. The number of carbonyl (C=O) groups is 1. The van der Waals surface area contributed by atoms with Crippen molar-refractivity contribution in [1.29, 1.82) is 0 Å². The van der Waals surface area contributed by atoms with E-state index in [4.69, 9.17) is 0 Å². The highest BCUT2D eigenvalue weighted by Crippen LogP contribution is 2.16. The molecule has 0 aromatic carbocycles. The zero-order valence-electron chi connectivity index (χ0n) is 12.1. The highest BCUT2D eigenvalue weighted by molar-refractivity contribution is 5.76. The molecule has 1 aromatic rings. The van der Waals surface area contributed by atoms with Crippen molar-refractivity contribution in [3.05, 3.63) is 17.0 Å². The van der Waals surface area contributed by atoms with E-state index in [1.54, 1.807) is 0 Å². The van der Waals surface area contributed by atoms with Crippen molar-refractivity contribution in [2.45, 2.75) is 39.7 Å². The van der Waals surface area contributed by atoms with Crippen LogP contribution in [-0.4, -0.2) is 28.8 Å². The van der Waals surface area contributed by atoms with Gasteiger partial charge < -0.3 is 10.6 Å². The Morgan fingerprint density at radius 2 is 2.11 bits per heavy atom. The molecule has 0 unspecified atom stereocenters. The Labute approximate surface area is 114 Å². The van der Waals surface area contributed by atoms with Gasteiger partial charge >= 0.3 is 0 Å². The second-order valence-corrected chi connectivity index (χ2v) is 5.45. The van der Waals surface area contributed by atoms with Gasteiger partial charge in [-0.05, 0) is 45.7 Å². The van der Waals surface area contributed by atoms with Gasteiger partial charge in [0.25, 0.3) is 0 Å². The maximum absolute atomic E-state index is 12.0. The van der Waals surface area contributed by atoms with Crippen molar-refractivity contribution in [3.8, 4) is 0 Å². The fourth-order valence-electron chi connectivity index (χ4n) is 2.68. The zero-order valence-corrected chi connectivity index (χ0v) is 12.1. The first-order valence-corrected chi connectivity index (χ1v) is 7.04. The lowest BCUT2D eigenvalue weighted by atomic mass is 9.94. The predicted octanol–water partition coefficient (Wildman–Crippen LogP) is 1.04. The van der Waals surface area contributed by atoms with Crippen molar-refractivity contribution in [2.75, 3.05) is 13.1 Å². The molecule has 0 saturated carbocycles. The molecule has 106 valence electrons. The lowest BCUT2D eigenvalue weighted by Gasteiger charge is -2.21. The van der Waals surface area contributed by atoms with Crippen LogP contribution in [0.3, 0.4) is 0 Å². The van der Waals surface area contributed by atoms with Gasteiger partial charge in [-0.25, -0.2) is 0 Å². The summed E-state index contributed by atoms with van der Waals surface area (Å²) < 4.78 is 1.86. The Hall–Kier alpha value is -1.36. The maximum Gasteiger partial charge on any atom is 0.220 e. The molecule has 2 heterocycles. The Bertz CT molecular complexity index is 447. The first kappa shape index (κ1) is 14.1. The molecule has 1 aliphatic rings. The standard InChI is InChI=1S/C14H24N4O/c1-10-13(11(2)18(3)17-10)9-16-14(19)8-12-4-6-15-7-5-12/h12,15H,4-9H2,1-3H3,(H,16,19). The van der Waals surface area contributed by atoms with Crippen LogP contribution in [0.5, 0.6) is 0 Å². The molecule has 1 aromatic heterocycles. The van der Waals surface area contributed by atoms with E-state index < -0.39 is 0 Å². The first-order valence-electron chi connectivity index (χ1n) is 7.04. The van der Waals surface area contributed by atoms with Gasteiger partial charge in [0.15, 0.2) is 0 Å². The number of aromatic nitrogens is 2. The molecule has 1 saturated heterocycles. The largest absolute Gasteiger partial charge is 0.352 e. The van der Waals surface area contributed by atoms with Crippen molar-refractivity contribution >= 4 is 5.91 Å².